The van der Waals surface area contributed by atoms with Gasteiger partial charge in [-0.15, -0.1) is 0 Å². The van der Waals surface area contributed by atoms with Crippen LogP contribution in [0.3, 0.4) is 0 Å². The number of furan rings is 1. The average molecular weight is 338 g/mol. The second-order valence-electron chi connectivity index (χ2n) is 7.10. The van der Waals surface area contributed by atoms with Gasteiger partial charge in [0.05, 0.1) is 5.56 Å². The van der Waals surface area contributed by atoms with E-state index in [0.717, 1.165) is 11.2 Å². The molecule has 2 aromatic heterocycles. The van der Waals surface area contributed by atoms with Crippen LogP contribution in [0.15, 0.2) is 71.3 Å². The number of benzene rings is 3. The predicted octanol–water partition coefficient (Wildman–Crippen LogP) is 5.85. The van der Waals surface area contributed by atoms with Gasteiger partial charge in [0, 0.05) is 22.9 Å². The monoisotopic (exact) mass is 338 g/mol. The van der Waals surface area contributed by atoms with Crippen LogP contribution in [0.1, 0.15) is 11.1 Å². The molecule has 0 atom stereocenters. The Morgan fingerprint density at radius 1 is 0.846 bits per heavy atom. The maximum atomic E-state index is 6.41. The number of aromatic nitrogens is 1. The zero-order chi connectivity index (χ0) is 17.8. The number of pyridine rings is 1. The molecular formula is C24H20NO+. The summed E-state index contributed by atoms with van der Waals surface area (Å²) in [6, 6.07) is 21.5. The number of nitrogens with zero attached hydrogens (tertiary/aromatic N) is 1. The van der Waals surface area contributed by atoms with Crippen molar-refractivity contribution in [3.8, 4) is 11.3 Å². The van der Waals surface area contributed by atoms with Crippen molar-refractivity contribution >= 4 is 32.7 Å². The van der Waals surface area contributed by atoms with Crippen LogP contribution in [0.4, 0.5) is 0 Å². The first-order valence-electron chi connectivity index (χ1n) is 8.94. The number of hydrogen-bond acceptors (Lipinski definition) is 1. The minimum Gasteiger partial charge on any atom is -0.455 e. The van der Waals surface area contributed by atoms with Crippen molar-refractivity contribution in [1.82, 2.24) is 0 Å². The molecule has 0 aliphatic carbocycles. The van der Waals surface area contributed by atoms with Crippen molar-refractivity contribution in [1.29, 1.82) is 0 Å². The molecule has 126 valence electrons. The molecular weight excluding hydrogens is 318 g/mol. The summed E-state index contributed by atoms with van der Waals surface area (Å²) in [5, 5.41) is 4.87. The van der Waals surface area contributed by atoms with Crippen LogP contribution in [0, 0.1) is 13.8 Å². The summed E-state index contributed by atoms with van der Waals surface area (Å²) in [5.41, 5.74) is 6.74. The molecule has 0 aliphatic rings. The van der Waals surface area contributed by atoms with Gasteiger partial charge in [0.25, 0.3) is 0 Å². The van der Waals surface area contributed by atoms with Gasteiger partial charge in [-0.2, -0.15) is 0 Å². The zero-order valence-electron chi connectivity index (χ0n) is 15.2. The van der Waals surface area contributed by atoms with E-state index in [-0.39, 0.29) is 0 Å². The lowest BCUT2D eigenvalue weighted by atomic mass is 9.98. The topological polar surface area (TPSA) is 17.0 Å². The Labute approximate surface area is 152 Å². The lowest BCUT2D eigenvalue weighted by molar-refractivity contribution is -0.660. The SMILES string of the molecule is Cc1cc[n+](C)c(-c2c(C)ccc3c2oc2ccc4ccccc4c23)c1. The maximum absolute atomic E-state index is 6.41. The first-order valence-corrected chi connectivity index (χ1v) is 8.94. The summed E-state index contributed by atoms with van der Waals surface area (Å²) in [7, 11) is 2.09. The lowest BCUT2D eigenvalue weighted by Gasteiger charge is -2.06. The summed E-state index contributed by atoms with van der Waals surface area (Å²) >= 11 is 0. The van der Waals surface area contributed by atoms with Crippen molar-refractivity contribution in [3.63, 3.8) is 0 Å². The molecule has 0 amide bonds. The van der Waals surface area contributed by atoms with Gasteiger partial charge in [-0.1, -0.05) is 42.5 Å². The van der Waals surface area contributed by atoms with E-state index in [1.807, 2.05) is 0 Å². The van der Waals surface area contributed by atoms with Gasteiger partial charge >= 0.3 is 0 Å². The Hall–Kier alpha value is -3.13. The Kier molecular flexibility index (Phi) is 3.17. The molecule has 0 saturated carbocycles. The van der Waals surface area contributed by atoms with Gasteiger partial charge in [-0.3, -0.25) is 0 Å². The highest BCUT2D eigenvalue weighted by Crippen LogP contribution is 2.39. The van der Waals surface area contributed by atoms with Gasteiger partial charge in [0.15, 0.2) is 6.20 Å². The Bertz CT molecular complexity index is 1310. The molecule has 2 heteroatoms. The lowest BCUT2D eigenvalue weighted by Crippen LogP contribution is -2.30. The molecule has 5 rings (SSSR count). The van der Waals surface area contributed by atoms with E-state index >= 15 is 0 Å². The standard InChI is InChI=1S/C24H20NO/c1-15-12-13-25(3)20(14-15)22-16(2)8-10-19-23-18-7-5-4-6-17(18)9-11-21(23)26-24(19)22/h4-14H,1-3H3/q+1. The molecule has 2 heterocycles. The summed E-state index contributed by atoms with van der Waals surface area (Å²) in [6.07, 6.45) is 2.11. The van der Waals surface area contributed by atoms with Crippen molar-refractivity contribution < 1.29 is 8.98 Å². The summed E-state index contributed by atoms with van der Waals surface area (Å²) in [5.74, 6) is 0. The Balaban J connectivity index is 1.98. The molecule has 5 aromatic rings. The van der Waals surface area contributed by atoms with E-state index in [1.165, 1.54) is 43.9 Å². The van der Waals surface area contributed by atoms with Gasteiger partial charge in [0.1, 0.15) is 18.2 Å². The highest BCUT2D eigenvalue weighted by molar-refractivity contribution is 6.20. The normalized spacial score (nSPS) is 11.7. The number of hydrogen-bond donors (Lipinski definition) is 0. The Morgan fingerprint density at radius 3 is 2.58 bits per heavy atom. The molecule has 3 aromatic carbocycles. The predicted molar refractivity (Wildman–Crippen MR) is 107 cm³/mol. The number of rotatable bonds is 1. The molecule has 0 N–H and O–H groups in total. The van der Waals surface area contributed by atoms with Crippen LogP contribution in [0.2, 0.25) is 0 Å². The molecule has 0 unspecified atom stereocenters. The second-order valence-corrected chi connectivity index (χ2v) is 7.10. The number of fused-ring (bicyclic) bond motifs is 5. The third-order valence-electron chi connectivity index (χ3n) is 5.30. The molecule has 0 radical (unpaired) electrons. The van der Waals surface area contributed by atoms with Crippen molar-refractivity contribution in [2.24, 2.45) is 7.05 Å². The third kappa shape index (κ3) is 2.08. The minimum atomic E-state index is 0.945. The molecule has 0 saturated heterocycles. The largest absolute Gasteiger partial charge is 0.455 e. The van der Waals surface area contributed by atoms with Crippen molar-refractivity contribution in [2.45, 2.75) is 13.8 Å². The highest BCUT2D eigenvalue weighted by atomic mass is 16.3. The molecule has 26 heavy (non-hydrogen) atoms. The van der Waals surface area contributed by atoms with Crippen LogP contribution in [-0.2, 0) is 7.05 Å². The summed E-state index contributed by atoms with van der Waals surface area (Å²) in [6.45, 7) is 4.29. The van der Waals surface area contributed by atoms with Crippen LogP contribution >= 0.6 is 0 Å². The van der Waals surface area contributed by atoms with Crippen molar-refractivity contribution in [2.75, 3.05) is 0 Å². The molecule has 0 spiro atoms. The fraction of sp³-hybridized carbons (Fsp3) is 0.125. The van der Waals surface area contributed by atoms with Gasteiger partial charge in [-0.25, -0.2) is 4.57 Å². The Morgan fingerprint density at radius 2 is 1.69 bits per heavy atom. The fourth-order valence-electron chi connectivity index (χ4n) is 3.95. The number of aryl methyl sites for hydroxylation is 3. The van der Waals surface area contributed by atoms with E-state index in [4.69, 9.17) is 4.42 Å². The van der Waals surface area contributed by atoms with E-state index < -0.39 is 0 Å². The maximum Gasteiger partial charge on any atom is 0.216 e. The summed E-state index contributed by atoms with van der Waals surface area (Å²) < 4.78 is 8.58. The van der Waals surface area contributed by atoms with E-state index in [2.05, 4.69) is 92.3 Å². The first kappa shape index (κ1) is 15.2. The van der Waals surface area contributed by atoms with Gasteiger partial charge in [0.2, 0.25) is 5.69 Å². The smallest absolute Gasteiger partial charge is 0.216 e. The molecule has 0 aliphatic heterocycles. The van der Waals surface area contributed by atoms with E-state index in [1.54, 1.807) is 0 Å². The molecule has 0 bridgehead atoms. The zero-order valence-corrected chi connectivity index (χ0v) is 15.2. The minimum absolute atomic E-state index is 0.945. The van der Waals surface area contributed by atoms with Crippen LogP contribution in [0.5, 0.6) is 0 Å². The van der Waals surface area contributed by atoms with Crippen LogP contribution in [0.25, 0.3) is 44.0 Å². The quantitative estimate of drug-likeness (QED) is 0.351. The first-order chi connectivity index (χ1) is 12.6. The van der Waals surface area contributed by atoms with Gasteiger partial charge < -0.3 is 4.42 Å². The van der Waals surface area contributed by atoms with Crippen molar-refractivity contribution in [3.05, 3.63) is 78.0 Å². The van der Waals surface area contributed by atoms with Crippen LogP contribution in [-0.4, -0.2) is 0 Å². The molecule has 0 fully saturated rings. The van der Waals surface area contributed by atoms with E-state index in [9.17, 15) is 0 Å². The third-order valence-corrected chi connectivity index (χ3v) is 5.30. The van der Waals surface area contributed by atoms with Crippen LogP contribution < -0.4 is 4.57 Å². The highest BCUT2D eigenvalue weighted by Gasteiger charge is 2.21. The van der Waals surface area contributed by atoms with Gasteiger partial charge in [-0.05, 0) is 41.8 Å². The summed E-state index contributed by atoms with van der Waals surface area (Å²) in [4.78, 5) is 0. The second kappa shape index (κ2) is 5.43. The van der Waals surface area contributed by atoms with E-state index in [0.29, 0.717) is 0 Å². The molecule has 2 nitrogen and oxygen atoms in total. The fourth-order valence-corrected chi connectivity index (χ4v) is 3.95. The average Bonchev–Trinajstić information content (AvgIpc) is 3.03.